The van der Waals surface area contributed by atoms with Crippen molar-refractivity contribution in [3.63, 3.8) is 0 Å². The number of amides is 1. The van der Waals surface area contributed by atoms with Crippen molar-refractivity contribution in [1.82, 2.24) is 4.31 Å². The summed E-state index contributed by atoms with van der Waals surface area (Å²) in [6.45, 7) is 3.32. The van der Waals surface area contributed by atoms with Crippen LogP contribution in [0.3, 0.4) is 0 Å². The molecule has 6 heteroatoms. The second-order valence-electron chi connectivity index (χ2n) is 3.21. The molecule has 1 fully saturated rings. The van der Waals surface area contributed by atoms with Gasteiger partial charge in [0.15, 0.2) is 0 Å². The number of nitrogens with two attached hydrogens (primary N) is 1. The van der Waals surface area contributed by atoms with Crippen LogP contribution in [0.5, 0.6) is 0 Å². The zero-order valence-electron chi connectivity index (χ0n) is 8.23. The highest BCUT2D eigenvalue weighted by Crippen LogP contribution is 2.32. The monoisotopic (exact) mass is 244 g/mol. The lowest BCUT2D eigenvalue weighted by molar-refractivity contribution is 0.0773. The van der Waals surface area contributed by atoms with Crippen molar-refractivity contribution in [3.05, 3.63) is 17.2 Å². The Bertz CT molecular complexity index is 350. The number of carbonyl (C=O) groups excluding carboxylic acids is 1. The lowest BCUT2D eigenvalue weighted by Crippen LogP contribution is -2.31. The molecule has 0 saturated carbocycles. The molecule has 1 atom stereocenters. The Kier molecular flexibility index (Phi) is 3.70. The summed E-state index contributed by atoms with van der Waals surface area (Å²) >= 11 is 1.62. The number of primary amides is 1. The first kappa shape index (κ1) is 11.0. The fraction of sp³-hybridized carbons (Fsp3) is 0.444. The molecule has 2 rings (SSSR count). The van der Waals surface area contributed by atoms with E-state index in [4.69, 9.17) is 10.5 Å². The summed E-state index contributed by atoms with van der Waals surface area (Å²) in [6.07, 6.45) is 0. The highest BCUT2D eigenvalue weighted by atomic mass is 32.2. The molecule has 2 N–H and O–H groups in total. The van der Waals surface area contributed by atoms with E-state index in [1.165, 1.54) is 0 Å². The first-order chi connectivity index (χ1) is 7.27. The molecule has 1 aromatic heterocycles. The Balaban J connectivity index is 2.03. The minimum atomic E-state index is -0.297. The van der Waals surface area contributed by atoms with E-state index >= 15 is 0 Å². The zero-order chi connectivity index (χ0) is 10.7. The van der Waals surface area contributed by atoms with Gasteiger partial charge >= 0.3 is 0 Å². The Morgan fingerprint density at radius 3 is 2.93 bits per heavy atom. The van der Waals surface area contributed by atoms with Crippen molar-refractivity contribution in [3.8, 4) is 0 Å². The van der Waals surface area contributed by atoms with Gasteiger partial charge in [-0.3, -0.25) is 4.79 Å². The molecule has 1 saturated heterocycles. The van der Waals surface area contributed by atoms with Crippen LogP contribution in [0.2, 0.25) is 0 Å². The minimum absolute atomic E-state index is 0.297. The highest BCUT2D eigenvalue weighted by molar-refractivity contribution is 7.97. The van der Waals surface area contributed by atoms with Gasteiger partial charge in [-0.25, -0.2) is 4.31 Å². The van der Waals surface area contributed by atoms with Gasteiger partial charge in [-0.05, 0) is 23.8 Å². The van der Waals surface area contributed by atoms with Crippen LogP contribution in [0.15, 0.2) is 16.8 Å². The van der Waals surface area contributed by atoms with E-state index in [-0.39, 0.29) is 5.91 Å². The molecule has 15 heavy (non-hydrogen) atoms. The van der Waals surface area contributed by atoms with E-state index in [9.17, 15) is 4.79 Å². The van der Waals surface area contributed by atoms with Gasteiger partial charge < -0.3 is 10.5 Å². The Hall–Kier alpha value is -0.480. The summed E-state index contributed by atoms with van der Waals surface area (Å²) in [7, 11) is 0.427. The van der Waals surface area contributed by atoms with Crippen molar-refractivity contribution >= 4 is 26.0 Å². The van der Waals surface area contributed by atoms with Crippen LogP contribution in [-0.2, 0) is 4.74 Å². The quantitative estimate of drug-likeness (QED) is 0.810. The van der Waals surface area contributed by atoms with Crippen LogP contribution in [0.4, 0.5) is 0 Å². The largest absolute Gasteiger partial charge is 0.379 e. The molecule has 2 heterocycles. The molecule has 1 unspecified atom stereocenters. The van der Waals surface area contributed by atoms with E-state index in [2.05, 4.69) is 4.31 Å². The van der Waals surface area contributed by atoms with E-state index in [0.29, 0.717) is 8.19 Å². The van der Waals surface area contributed by atoms with Crippen molar-refractivity contribution in [2.24, 2.45) is 5.73 Å². The SMILES string of the molecule is NC(=O)c1[pH]ccc1SN1CCOCC1. The third-order valence-corrected chi connectivity index (χ3v) is 4.63. The van der Waals surface area contributed by atoms with Crippen molar-refractivity contribution in [2.75, 3.05) is 26.3 Å². The predicted molar refractivity (Wildman–Crippen MR) is 62.7 cm³/mol. The summed E-state index contributed by atoms with van der Waals surface area (Å²) in [6, 6.07) is 1.98. The third-order valence-electron chi connectivity index (χ3n) is 2.15. The van der Waals surface area contributed by atoms with Crippen LogP contribution < -0.4 is 5.73 Å². The standard InChI is InChI=1S/C9H13N2O2PS/c10-9(12)8-7(1-6-14-8)15-11-2-4-13-5-3-11/h1,6,14H,2-5H2,(H2,10,12). The first-order valence-corrected chi connectivity index (χ1v) is 6.60. The van der Waals surface area contributed by atoms with Gasteiger partial charge in [0.1, 0.15) is 0 Å². The minimum Gasteiger partial charge on any atom is -0.379 e. The molecule has 1 aliphatic heterocycles. The Labute approximate surface area is 94.4 Å². The maximum atomic E-state index is 11.1. The molecule has 1 aromatic rings. The van der Waals surface area contributed by atoms with Gasteiger partial charge in [-0.15, -0.1) is 8.19 Å². The fourth-order valence-electron chi connectivity index (χ4n) is 1.40. The normalized spacial score (nSPS) is 18.4. The number of ether oxygens (including phenoxy) is 1. The summed E-state index contributed by atoms with van der Waals surface area (Å²) in [5, 5.41) is 0.756. The molecular weight excluding hydrogens is 231 g/mol. The second kappa shape index (κ2) is 5.03. The first-order valence-electron chi connectivity index (χ1n) is 4.75. The number of carbonyl (C=O) groups is 1. The summed E-state index contributed by atoms with van der Waals surface area (Å²) in [5.74, 6) is 1.71. The molecule has 1 amide bonds. The number of nitrogens with zero attached hydrogens (tertiary/aromatic N) is 1. The molecule has 0 spiro atoms. The topological polar surface area (TPSA) is 55.6 Å². The number of hydrogen-bond donors (Lipinski definition) is 1. The van der Waals surface area contributed by atoms with Gasteiger partial charge in [0.25, 0.3) is 5.91 Å². The van der Waals surface area contributed by atoms with Gasteiger partial charge in [0.2, 0.25) is 0 Å². The molecule has 82 valence electrons. The molecule has 0 radical (unpaired) electrons. The van der Waals surface area contributed by atoms with Crippen LogP contribution in [-0.4, -0.2) is 36.5 Å². The summed E-state index contributed by atoms with van der Waals surface area (Å²) < 4.78 is 7.47. The van der Waals surface area contributed by atoms with Crippen LogP contribution in [0, 0.1) is 0 Å². The van der Waals surface area contributed by atoms with E-state index in [1.807, 2.05) is 11.9 Å². The third kappa shape index (κ3) is 2.75. The number of rotatable bonds is 3. The maximum absolute atomic E-state index is 11.1. The van der Waals surface area contributed by atoms with Crippen LogP contribution in [0.25, 0.3) is 0 Å². The van der Waals surface area contributed by atoms with Crippen LogP contribution >= 0.6 is 20.1 Å². The van der Waals surface area contributed by atoms with E-state index < -0.39 is 0 Å². The average molecular weight is 244 g/mol. The lowest BCUT2D eigenvalue weighted by Gasteiger charge is -2.25. The fourth-order valence-corrected chi connectivity index (χ4v) is 3.55. The van der Waals surface area contributed by atoms with E-state index in [0.717, 1.165) is 36.5 Å². The average Bonchev–Trinajstić information content (AvgIpc) is 2.67. The molecule has 4 nitrogen and oxygen atoms in total. The molecule has 0 aromatic carbocycles. The van der Waals surface area contributed by atoms with Crippen LogP contribution in [0.1, 0.15) is 10.1 Å². The molecule has 1 aliphatic rings. The van der Waals surface area contributed by atoms with Crippen molar-refractivity contribution in [2.45, 2.75) is 4.90 Å². The smallest absolute Gasteiger partial charge is 0.253 e. The predicted octanol–water partition coefficient (Wildman–Crippen LogP) is 1.16. The molecule has 0 aliphatic carbocycles. The number of hydrogen-bond acceptors (Lipinski definition) is 4. The molecular formula is C9H13N2O2PS. The second-order valence-corrected chi connectivity index (χ2v) is 5.47. The lowest BCUT2D eigenvalue weighted by atomic mass is 10.4. The van der Waals surface area contributed by atoms with Gasteiger partial charge in [-0.2, -0.15) is 0 Å². The van der Waals surface area contributed by atoms with Crippen molar-refractivity contribution in [1.29, 1.82) is 0 Å². The van der Waals surface area contributed by atoms with Crippen molar-refractivity contribution < 1.29 is 9.53 Å². The van der Waals surface area contributed by atoms with Gasteiger partial charge in [0, 0.05) is 18.0 Å². The Morgan fingerprint density at radius 2 is 2.27 bits per heavy atom. The summed E-state index contributed by atoms with van der Waals surface area (Å²) in [5.41, 5.74) is 5.31. The zero-order valence-corrected chi connectivity index (χ0v) is 10.0. The maximum Gasteiger partial charge on any atom is 0.253 e. The van der Waals surface area contributed by atoms with Gasteiger partial charge in [-0.1, -0.05) is 0 Å². The number of morpholine rings is 1. The van der Waals surface area contributed by atoms with E-state index in [1.54, 1.807) is 11.9 Å². The molecule has 0 bridgehead atoms. The van der Waals surface area contributed by atoms with Gasteiger partial charge in [0.05, 0.1) is 18.5 Å². The summed E-state index contributed by atoms with van der Waals surface area (Å²) in [4.78, 5) is 12.1. The highest BCUT2D eigenvalue weighted by Gasteiger charge is 2.15. The Morgan fingerprint density at radius 1 is 1.53 bits per heavy atom.